The van der Waals surface area contributed by atoms with Crippen LogP contribution < -0.4 is 10.2 Å². The van der Waals surface area contributed by atoms with Crippen LogP contribution in [-0.4, -0.2) is 29.7 Å². The summed E-state index contributed by atoms with van der Waals surface area (Å²) in [5.74, 6) is -0.833. The number of nitrogens with one attached hydrogen (secondary N) is 1. The smallest absolute Gasteiger partial charge is 0.366 e. The van der Waals surface area contributed by atoms with E-state index in [0.29, 0.717) is 30.2 Å². The van der Waals surface area contributed by atoms with E-state index in [1.165, 1.54) is 6.92 Å². The Balaban J connectivity index is 1.70. The summed E-state index contributed by atoms with van der Waals surface area (Å²) in [4.78, 5) is 36.5. The van der Waals surface area contributed by atoms with E-state index in [2.05, 4.69) is 5.32 Å². The molecule has 3 rings (SSSR count). The van der Waals surface area contributed by atoms with Gasteiger partial charge >= 0.3 is 6.18 Å². The molecule has 1 aliphatic rings. The number of ketones is 1. The Morgan fingerprint density at radius 2 is 1.77 bits per heavy atom. The summed E-state index contributed by atoms with van der Waals surface area (Å²) in [6, 6.07) is 9.10. The summed E-state index contributed by atoms with van der Waals surface area (Å²) < 4.78 is 38.7. The van der Waals surface area contributed by atoms with Gasteiger partial charge in [0.2, 0.25) is 5.91 Å². The third-order valence-corrected chi connectivity index (χ3v) is 5.27. The van der Waals surface area contributed by atoms with Gasteiger partial charge in [0, 0.05) is 30.6 Å². The van der Waals surface area contributed by atoms with Crippen molar-refractivity contribution in [1.82, 2.24) is 0 Å². The van der Waals surface area contributed by atoms with Crippen LogP contribution in [0.15, 0.2) is 42.5 Å². The quantitative estimate of drug-likeness (QED) is 0.419. The molecule has 7 nitrogen and oxygen atoms in total. The highest BCUT2D eigenvalue weighted by atomic mass is 19.4. The molecule has 1 aliphatic heterocycles. The molecule has 164 valence electrons. The topological polar surface area (TPSA) is 92.6 Å². The molecule has 2 aromatic carbocycles. The fourth-order valence-electron chi connectivity index (χ4n) is 3.63. The average Bonchev–Trinajstić information content (AvgIpc) is 2.73. The number of halogens is 3. The second-order valence-corrected chi connectivity index (χ2v) is 7.31. The molecule has 0 atom stereocenters. The lowest BCUT2D eigenvalue weighted by Crippen LogP contribution is -2.38. The van der Waals surface area contributed by atoms with E-state index in [4.69, 9.17) is 0 Å². The number of carbonyl (C=O) groups is 2. The van der Waals surface area contributed by atoms with Gasteiger partial charge in [-0.15, -0.1) is 0 Å². The van der Waals surface area contributed by atoms with Gasteiger partial charge in [-0.3, -0.25) is 19.7 Å². The zero-order chi connectivity index (χ0) is 22.8. The second-order valence-electron chi connectivity index (χ2n) is 7.31. The van der Waals surface area contributed by atoms with Crippen LogP contribution in [0.4, 0.5) is 30.2 Å². The first-order valence-corrected chi connectivity index (χ1v) is 9.59. The SMILES string of the molecule is CC(=O)c1ccccc1NC(=O)C1CCN(c2ccc(C(F)(F)F)cc2[N+](=O)[O-])CC1. The highest BCUT2D eigenvalue weighted by Crippen LogP contribution is 2.37. The number of benzene rings is 2. The van der Waals surface area contributed by atoms with Crippen LogP contribution in [0.3, 0.4) is 0 Å². The van der Waals surface area contributed by atoms with E-state index in [9.17, 15) is 32.9 Å². The van der Waals surface area contributed by atoms with Gasteiger partial charge in [-0.05, 0) is 44.0 Å². The normalized spacial score (nSPS) is 14.9. The predicted molar refractivity (Wildman–Crippen MR) is 108 cm³/mol. The van der Waals surface area contributed by atoms with Crippen LogP contribution in [0, 0.1) is 16.0 Å². The number of para-hydroxylation sites is 1. The number of nitrogens with zero attached hydrogens (tertiary/aromatic N) is 2. The Hall–Kier alpha value is -3.43. The molecule has 1 saturated heterocycles. The number of alkyl halides is 3. The molecule has 1 N–H and O–H groups in total. The fraction of sp³-hybridized carbons (Fsp3) is 0.333. The Kier molecular flexibility index (Phi) is 6.28. The minimum absolute atomic E-state index is 0.0961. The van der Waals surface area contributed by atoms with Crippen molar-refractivity contribution in [1.29, 1.82) is 0 Å². The average molecular weight is 435 g/mol. The third-order valence-electron chi connectivity index (χ3n) is 5.27. The maximum Gasteiger partial charge on any atom is 0.416 e. The Morgan fingerprint density at radius 1 is 1.13 bits per heavy atom. The van der Waals surface area contributed by atoms with Crippen molar-refractivity contribution in [2.45, 2.75) is 25.9 Å². The maximum atomic E-state index is 12.9. The van der Waals surface area contributed by atoms with Crippen LogP contribution in [0.5, 0.6) is 0 Å². The number of Topliss-reactive ketones (excluding diaryl/α,β-unsaturated/α-hetero) is 1. The molecule has 0 aromatic heterocycles. The predicted octanol–water partition coefficient (Wildman–Crippen LogP) is 4.67. The minimum Gasteiger partial charge on any atom is -0.366 e. The van der Waals surface area contributed by atoms with Crippen molar-refractivity contribution >= 4 is 28.8 Å². The zero-order valence-corrected chi connectivity index (χ0v) is 16.6. The van der Waals surface area contributed by atoms with E-state index in [1.54, 1.807) is 29.2 Å². The molecule has 0 bridgehead atoms. The molecule has 31 heavy (non-hydrogen) atoms. The lowest BCUT2D eigenvalue weighted by atomic mass is 9.94. The molecule has 0 unspecified atom stereocenters. The molecule has 2 aromatic rings. The summed E-state index contributed by atoms with van der Waals surface area (Å²) in [6.45, 7) is 1.96. The highest BCUT2D eigenvalue weighted by molar-refractivity contribution is 6.04. The van der Waals surface area contributed by atoms with Gasteiger partial charge in [0.25, 0.3) is 5.69 Å². The Morgan fingerprint density at radius 3 is 2.35 bits per heavy atom. The van der Waals surface area contributed by atoms with E-state index in [1.807, 2.05) is 0 Å². The van der Waals surface area contributed by atoms with Gasteiger partial charge in [-0.25, -0.2) is 0 Å². The molecule has 0 spiro atoms. The number of rotatable bonds is 5. The van der Waals surface area contributed by atoms with Crippen LogP contribution in [0.2, 0.25) is 0 Å². The minimum atomic E-state index is -4.68. The fourth-order valence-corrected chi connectivity index (χ4v) is 3.63. The Bertz CT molecular complexity index is 1020. The van der Waals surface area contributed by atoms with E-state index >= 15 is 0 Å². The van der Waals surface area contributed by atoms with Crippen molar-refractivity contribution in [3.05, 3.63) is 63.7 Å². The first-order valence-electron chi connectivity index (χ1n) is 9.59. The van der Waals surface area contributed by atoms with E-state index in [0.717, 1.165) is 12.1 Å². The molecule has 10 heteroatoms. The number of nitro groups is 1. The molecule has 0 radical (unpaired) electrons. The van der Waals surface area contributed by atoms with Crippen molar-refractivity contribution in [2.24, 2.45) is 5.92 Å². The van der Waals surface area contributed by atoms with Crippen LogP contribution in [0.1, 0.15) is 35.7 Å². The molecule has 1 heterocycles. The Labute approximate surface area is 176 Å². The number of hydrogen-bond acceptors (Lipinski definition) is 5. The number of nitro benzene ring substituents is 1. The van der Waals surface area contributed by atoms with Crippen molar-refractivity contribution in [3.8, 4) is 0 Å². The van der Waals surface area contributed by atoms with Crippen molar-refractivity contribution in [2.75, 3.05) is 23.3 Å². The second kappa shape index (κ2) is 8.75. The zero-order valence-electron chi connectivity index (χ0n) is 16.6. The van der Waals surface area contributed by atoms with Gasteiger partial charge < -0.3 is 10.2 Å². The lowest BCUT2D eigenvalue weighted by molar-refractivity contribution is -0.384. The third kappa shape index (κ3) is 5.01. The summed E-state index contributed by atoms with van der Waals surface area (Å²) in [6.07, 6.45) is -3.94. The first-order chi connectivity index (χ1) is 14.6. The largest absolute Gasteiger partial charge is 0.416 e. The monoisotopic (exact) mass is 435 g/mol. The van der Waals surface area contributed by atoms with Crippen LogP contribution >= 0.6 is 0 Å². The van der Waals surface area contributed by atoms with Crippen LogP contribution in [0.25, 0.3) is 0 Å². The summed E-state index contributed by atoms with van der Waals surface area (Å²) >= 11 is 0. The van der Waals surface area contributed by atoms with Gasteiger partial charge in [0.1, 0.15) is 5.69 Å². The number of amides is 1. The van der Waals surface area contributed by atoms with Crippen LogP contribution in [-0.2, 0) is 11.0 Å². The van der Waals surface area contributed by atoms with Gasteiger partial charge in [0.15, 0.2) is 5.78 Å². The lowest BCUT2D eigenvalue weighted by Gasteiger charge is -2.32. The number of hydrogen-bond donors (Lipinski definition) is 1. The van der Waals surface area contributed by atoms with Gasteiger partial charge in [-0.2, -0.15) is 13.2 Å². The van der Waals surface area contributed by atoms with E-state index < -0.39 is 22.4 Å². The molecule has 1 amide bonds. The first kappa shape index (κ1) is 22.3. The highest BCUT2D eigenvalue weighted by Gasteiger charge is 2.35. The molecular formula is C21H20F3N3O4. The summed E-state index contributed by atoms with van der Waals surface area (Å²) in [5, 5.41) is 14.1. The maximum absolute atomic E-state index is 12.9. The van der Waals surface area contributed by atoms with Gasteiger partial charge in [0.05, 0.1) is 16.2 Å². The molecular weight excluding hydrogens is 415 g/mol. The van der Waals surface area contributed by atoms with Gasteiger partial charge in [-0.1, -0.05) is 12.1 Å². The van der Waals surface area contributed by atoms with Crippen molar-refractivity contribution in [3.63, 3.8) is 0 Å². The van der Waals surface area contributed by atoms with E-state index in [-0.39, 0.29) is 36.4 Å². The molecule has 0 saturated carbocycles. The summed E-state index contributed by atoms with van der Waals surface area (Å²) in [7, 11) is 0. The summed E-state index contributed by atoms with van der Waals surface area (Å²) in [5.41, 5.74) is -0.789. The standard InChI is InChI=1S/C21H20F3N3O4/c1-13(28)16-4-2-3-5-17(16)25-20(29)14-8-10-26(11-9-14)18-7-6-15(21(22,23)24)12-19(18)27(30)31/h2-7,12,14H,8-11H2,1H3,(H,25,29). The number of carbonyl (C=O) groups excluding carboxylic acids is 2. The van der Waals surface area contributed by atoms with Crippen molar-refractivity contribution < 1.29 is 27.7 Å². The number of anilines is 2. The number of piperidine rings is 1. The molecule has 1 fully saturated rings. The molecule has 0 aliphatic carbocycles.